The van der Waals surface area contributed by atoms with Crippen molar-refractivity contribution in [1.82, 2.24) is 14.9 Å². The van der Waals surface area contributed by atoms with Crippen LogP contribution in [-0.2, 0) is 31.7 Å². The lowest BCUT2D eigenvalue weighted by Crippen LogP contribution is -2.58. The first-order chi connectivity index (χ1) is 22.3. The number of carbonyl (C=O) groups excluding carboxylic acids is 2. The third-order valence-corrected chi connectivity index (χ3v) is 9.79. The van der Waals surface area contributed by atoms with Crippen LogP contribution < -0.4 is 14.8 Å². The van der Waals surface area contributed by atoms with Crippen LogP contribution in [0.15, 0.2) is 53.4 Å². The Kier molecular flexibility index (Phi) is 11.7. The minimum atomic E-state index is -4.80. The molecule has 0 radical (unpaired) electrons. The molecule has 2 fully saturated rings. The first-order valence-electron chi connectivity index (χ1n) is 15.9. The van der Waals surface area contributed by atoms with Gasteiger partial charge < -0.3 is 19.7 Å². The second-order valence-corrected chi connectivity index (χ2v) is 15.0. The van der Waals surface area contributed by atoms with Crippen molar-refractivity contribution in [2.24, 2.45) is 5.92 Å². The highest BCUT2D eigenvalue weighted by Crippen LogP contribution is 2.37. The van der Waals surface area contributed by atoms with Crippen molar-refractivity contribution < 1.29 is 49.4 Å². The smallest absolute Gasteiger partial charge is 0.416 e. The molecule has 1 aliphatic carbocycles. The van der Waals surface area contributed by atoms with Crippen LogP contribution in [0, 0.1) is 5.92 Å². The molecule has 48 heavy (non-hydrogen) atoms. The third-order valence-electron chi connectivity index (χ3n) is 8.35. The van der Waals surface area contributed by atoms with E-state index < -0.39 is 67.8 Å². The van der Waals surface area contributed by atoms with Gasteiger partial charge in [0.05, 0.1) is 17.1 Å². The highest BCUT2D eigenvalue weighted by atomic mass is 32.2. The third kappa shape index (κ3) is 10.0. The molecule has 15 heteroatoms. The number of sulfonamides is 1. The number of amides is 2. The molecule has 9 nitrogen and oxygen atoms in total. The molecular weight excluding hydrogens is 661 g/mol. The minimum Gasteiger partial charge on any atom is -0.493 e. The molecular formula is C33H42F5N3O6S. The van der Waals surface area contributed by atoms with Crippen LogP contribution in [-0.4, -0.2) is 62.7 Å². The van der Waals surface area contributed by atoms with E-state index in [0.29, 0.717) is 42.5 Å². The van der Waals surface area contributed by atoms with Gasteiger partial charge in [-0.05, 0) is 88.8 Å². The van der Waals surface area contributed by atoms with Crippen molar-refractivity contribution in [3.8, 4) is 5.75 Å². The summed E-state index contributed by atoms with van der Waals surface area (Å²) in [6.07, 6.45) is 0.349. The first-order valence-corrected chi connectivity index (χ1v) is 17.4. The van der Waals surface area contributed by atoms with E-state index in [1.807, 2.05) is 4.72 Å². The maximum Gasteiger partial charge on any atom is 0.416 e. The Morgan fingerprint density at radius 1 is 0.854 bits per heavy atom. The lowest BCUT2D eigenvalue weighted by atomic mass is 9.90. The number of nitrogens with zero attached hydrogens (tertiary/aromatic N) is 1. The molecule has 0 spiro atoms. The SMILES string of the molecule is CC(C)(C)OC(=O)NC1CCN(C(=O)C(NS(=O)(=O)c2ccc(OCC3CCCCC3)cc2)C(F)(F)c2ccc(C(F)(F)F)cc2)CC1. The van der Waals surface area contributed by atoms with Gasteiger partial charge in [0.1, 0.15) is 11.4 Å². The van der Waals surface area contributed by atoms with Gasteiger partial charge in [-0.3, -0.25) is 4.79 Å². The number of halogens is 5. The molecule has 1 saturated carbocycles. The number of rotatable bonds is 10. The van der Waals surface area contributed by atoms with Crippen LogP contribution in [0.2, 0.25) is 0 Å². The molecule has 2 aliphatic rings. The van der Waals surface area contributed by atoms with Gasteiger partial charge in [0.25, 0.3) is 5.92 Å². The fourth-order valence-electron chi connectivity index (χ4n) is 5.73. The van der Waals surface area contributed by atoms with E-state index in [9.17, 15) is 31.2 Å². The summed E-state index contributed by atoms with van der Waals surface area (Å²) in [5.74, 6) is -4.75. The van der Waals surface area contributed by atoms with Crippen molar-refractivity contribution in [2.45, 2.75) is 100 Å². The number of ether oxygens (including phenoxy) is 2. The van der Waals surface area contributed by atoms with E-state index in [2.05, 4.69) is 5.32 Å². The molecule has 266 valence electrons. The quantitative estimate of drug-likeness (QED) is 0.269. The van der Waals surface area contributed by atoms with Gasteiger partial charge >= 0.3 is 12.3 Å². The molecule has 1 heterocycles. The van der Waals surface area contributed by atoms with Crippen molar-refractivity contribution >= 4 is 22.0 Å². The van der Waals surface area contributed by atoms with Crippen LogP contribution in [0.4, 0.5) is 26.7 Å². The average Bonchev–Trinajstić information content (AvgIpc) is 3.02. The number of hydrogen-bond acceptors (Lipinski definition) is 6. The Balaban J connectivity index is 1.53. The van der Waals surface area contributed by atoms with Crippen molar-refractivity contribution in [2.75, 3.05) is 19.7 Å². The number of alkyl halides is 5. The molecule has 2 aromatic rings. The fraction of sp³-hybridized carbons (Fsp3) is 0.576. The van der Waals surface area contributed by atoms with Crippen molar-refractivity contribution in [3.05, 3.63) is 59.7 Å². The maximum absolute atomic E-state index is 16.1. The number of likely N-dealkylation sites (tertiary alicyclic amines) is 1. The summed E-state index contributed by atoms with van der Waals surface area (Å²) in [5, 5.41) is 2.67. The highest BCUT2D eigenvalue weighted by molar-refractivity contribution is 7.89. The Morgan fingerprint density at radius 2 is 1.42 bits per heavy atom. The lowest BCUT2D eigenvalue weighted by Gasteiger charge is -2.36. The Bertz CT molecular complexity index is 1500. The van der Waals surface area contributed by atoms with E-state index in [1.54, 1.807) is 20.8 Å². The Labute approximate surface area is 277 Å². The summed E-state index contributed by atoms with van der Waals surface area (Å²) >= 11 is 0. The number of carbonyl (C=O) groups is 2. The summed E-state index contributed by atoms with van der Waals surface area (Å²) < 4.78 is 111. The van der Waals surface area contributed by atoms with Gasteiger partial charge in [-0.15, -0.1) is 0 Å². The zero-order valence-corrected chi connectivity index (χ0v) is 27.9. The summed E-state index contributed by atoms with van der Waals surface area (Å²) in [7, 11) is -4.75. The van der Waals surface area contributed by atoms with Crippen molar-refractivity contribution in [3.63, 3.8) is 0 Å². The lowest BCUT2D eigenvalue weighted by molar-refractivity contribution is -0.145. The Morgan fingerprint density at radius 3 is 1.96 bits per heavy atom. The van der Waals surface area contributed by atoms with Crippen LogP contribution in [0.25, 0.3) is 0 Å². The van der Waals surface area contributed by atoms with Gasteiger partial charge in [-0.25, -0.2) is 13.2 Å². The molecule has 4 rings (SSSR count). The second-order valence-electron chi connectivity index (χ2n) is 13.3. The van der Waals surface area contributed by atoms with Crippen LogP contribution in [0.5, 0.6) is 5.75 Å². The normalized spacial score (nSPS) is 17.9. The highest BCUT2D eigenvalue weighted by Gasteiger charge is 2.50. The summed E-state index contributed by atoms with van der Waals surface area (Å²) in [5.41, 5.74) is -2.92. The molecule has 1 saturated heterocycles. The molecule has 1 atom stereocenters. The number of nitrogens with one attached hydrogen (secondary N) is 2. The largest absolute Gasteiger partial charge is 0.493 e. The average molecular weight is 704 g/mol. The van der Waals surface area contributed by atoms with Gasteiger partial charge in [0, 0.05) is 24.7 Å². The van der Waals surface area contributed by atoms with E-state index in [0.717, 1.165) is 30.6 Å². The van der Waals surface area contributed by atoms with E-state index in [-0.39, 0.29) is 25.9 Å². The second kappa shape index (κ2) is 15.0. The maximum atomic E-state index is 16.1. The molecule has 2 amide bonds. The number of alkyl carbamates (subject to hydrolysis) is 1. The van der Waals surface area contributed by atoms with E-state index in [4.69, 9.17) is 9.47 Å². The predicted molar refractivity (Wildman–Crippen MR) is 167 cm³/mol. The van der Waals surface area contributed by atoms with Gasteiger partial charge in [-0.2, -0.15) is 26.7 Å². The summed E-state index contributed by atoms with van der Waals surface area (Å²) in [6.45, 7) is 5.32. The molecule has 0 aromatic heterocycles. The van der Waals surface area contributed by atoms with Crippen molar-refractivity contribution in [1.29, 1.82) is 0 Å². The Hall–Kier alpha value is -3.46. The zero-order chi connectivity index (χ0) is 35.3. The summed E-state index contributed by atoms with van der Waals surface area (Å²) in [4.78, 5) is 26.5. The number of piperidine rings is 1. The summed E-state index contributed by atoms with van der Waals surface area (Å²) in [6, 6.07) is 3.92. The molecule has 2 N–H and O–H groups in total. The van der Waals surface area contributed by atoms with Crippen LogP contribution >= 0.6 is 0 Å². The molecule has 2 aromatic carbocycles. The van der Waals surface area contributed by atoms with Gasteiger partial charge in [0.2, 0.25) is 15.9 Å². The zero-order valence-electron chi connectivity index (χ0n) is 27.1. The number of hydrogen-bond donors (Lipinski definition) is 2. The predicted octanol–water partition coefficient (Wildman–Crippen LogP) is 6.62. The van der Waals surface area contributed by atoms with E-state index >= 15 is 8.78 Å². The standard InChI is InChI=1S/C33H42F5N3O6S/c1-31(2,3)47-30(43)39-25-17-19-41(20-18-25)29(42)28(32(34,35)23-9-11-24(12-10-23)33(36,37)38)40-48(44,45)27-15-13-26(14-16-27)46-21-22-7-5-4-6-8-22/h9-16,22,25,28,40H,4-8,17-21H2,1-3H3,(H,39,43). The van der Waals surface area contributed by atoms with Crippen LogP contribution in [0.1, 0.15) is 76.8 Å². The van der Waals surface area contributed by atoms with E-state index in [1.165, 1.54) is 30.7 Å². The van der Waals surface area contributed by atoms with Crippen LogP contribution in [0.3, 0.4) is 0 Å². The molecule has 1 unspecified atom stereocenters. The minimum absolute atomic E-state index is 0.104. The van der Waals surface area contributed by atoms with Gasteiger partial charge in [-0.1, -0.05) is 31.4 Å². The fourth-order valence-corrected chi connectivity index (χ4v) is 6.92. The van der Waals surface area contributed by atoms with Gasteiger partial charge in [0.15, 0.2) is 6.04 Å². The molecule has 1 aliphatic heterocycles. The first kappa shape index (κ1) is 37.4. The molecule has 0 bridgehead atoms. The number of benzene rings is 2. The topological polar surface area (TPSA) is 114 Å². The monoisotopic (exact) mass is 703 g/mol.